The first-order chi connectivity index (χ1) is 8.86. The van der Waals surface area contributed by atoms with Crippen LogP contribution in [-0.4, -0.2) is 15.6 Å². The van der Waals surface area contributed by atoms with Crippen LogP contribution in [0.3, 0.4) is 0 Å². The summed E-state index contributed by atoms with van der Waals surface area (Å²) in [5, 5.41) is 3.24. The molecule has 0 aromatic carbocycles. The SMILES string of the molecule is CCCCCC(C)Nc1nccn(C(C)(C)C)c1=O. The van der Waals surface area contributed by atoms with Crippen LogP contribution in [0.1, 0.15) is 60.3 Å². The minimum absolute atomic E-state index is 0.0441. The summed E-state index contributed by atoms with van der Waals surface area (Å²) in [4.78, 5) is 16.5. The zero-order valence-corrected chi connectivity index (χ0v) is 12.9. The number of hydrogen-bond acceptors (Lipinski definition) is 3. The lowest BCUT2D eigenvalue weighted by molar-refractivity contribution is 0.383. The minimum atomic E-state index is -0.220. The van der Waals surface area contributed by atoms with E-state index >= 15 is 0 Å². The number of aromatic nitrogens is 2. The number of hydrogen-bond donors (Lipinski definition) is 1. The van der Waals surface area contributed by atoms with Gasteiger partial charge in [-0.05, 0) is 34.1 Å². The van der Waals surface area contributed by atoms with Crippen LogP contribution in [0.5, 0.6) is 0 Å². The second kappa shape index (κ2) is 6.73. The first kappa shape index (κ1) is 15.7. The lowest BCUT2D eigenvalue weighted by Gasteiger charge is -2.23. The van der Waals surface area contributed by atoms with Crippen molar-refractivity contribution in [2.24, 2.45) is 0 Å². The van der Waals surface area contributed by atoms with Gasteiger partial charge >= 0.3 is 0 Å². The van der Waals surface area contributed by atoms with Gasteiger partial charge in [-0.2, -0.15) is 0 Å². The summed E-state index contributed by atoms with van der Waals surface area (Å²) in [6.07, 6.45) is 8.14. The van der Waals surface area contributed by atoms with E-state index in [1.54, 1.807) is 17.0 Å². The van der Waals surface area contributed by atoms with Gasteiger partial charge in [0.25, 0.3) is 5.56 Å². The van der Waals surface area contributed by atoms with Crippen molar-refractivity contribution in [3.63, 3.8) is 0 Å². The smallest absolute Gasteiger partial charge is 0.293 e. The molecule has 1 N–H and O–H groups in total. The fourth-order valence-electron chi connectivity index (χ4n) is 2.04. The normalized spacial score (nSPS) is 13.3. The van der Waals surface area contributed by atoms with Crippen LogP contribution in [0.25, 0.3) is 0 Å². The molecule has 0 radical (unpaired) electrons. The van der Waals surface area contributed by atoms with Crippen LogP contribution >= 0.6 is 0 Å². The standard InChI is InChI=1S/C15H27N3O/c1-6-7-8-9-12(2)17-13-14(19)18(11-10-16-13)15(3,4)5/h10-12H,6-9H2,1-5H3,(H,16,17). The predicted molar refractivity (Wildman–Crippen MR) is 80.7 cm³/mol. The van der Waals surface area contributed by atoms with E-state index in [9.17, 15) is 4.79 Å². The van der Waals surface area contributed by atoms with Gasteiger partial charge in [0.15, 0.2) is 5.82 Å². The van der Waals surface area contributed by atoms with E-state index < -0.39 is 0 Å². The van der Waals surface area contributed by atoms with Gasteiger partial charge in [0, 0.05) is 24.0 Å². The van der Waals surface area contributed by atoms with E-state index in [4.69, 9.17) is 0 Å². The van der Waals surface area contributed by atoms with Crippen LogP contribution < -0.4 is 10.9 Å². The van der Waals surface area contributed by atoms with Gasteiger partial charge < -0.3 is 9.88 Å². The molecule has 0 amide bonds. The zero-order chi connectivity index (χ0) is 14.5. The molecule has 0 saturated heterocycles. The molecule has 4 heteroatoms. The summed E-state index contributed by atoms with van der Waals surface area (Å²) in [6.45, 7) is 10.3. The number of unbranched alkanes of at least 4 members (excludes halogenated alkanes) is 2. The Bertz CT molecular complexity index is 445. The molecule has 0 fully saturated rings. The average molecular weight is 265 g/mol. The maximum atomic E-state index is 12.3. The second-order valence-electron chi connectivity index (χ2n) is 6.16. The predicted octanol–water partition coefficient (Wildman–Crippen LogP) is 3.38. The van der Waals surface area contributed by atoms with Crippen LogP contribution in [0.4, 0.5) is 5.82 Å². The number of nitrogens with zero attached hydrogens (tertiary/aromatic N) is 2. The van der Waals surface area contributed by atoms with Crippen molar-refractivity contribution >= 4 is 5.82 Å². The minimum Gasteiger partial charge on any atom is -0.363 e. The Morgan fingerprint density at radius 3 is 2.63 bits per heavy atom. The molecule has 0 spiro atoms. The molecule has 108 valence electrons. The third-order valence-corrected chi connectivity index (χ3v) is 3.19. The van der Waals surface area contributed by atoms with E-state index in [1.807, 2.05) is 20.8 Å². The molecule has 0 saturated carbocycles. The van der Waals surface area contributed by atoms with E-state index in [1.165, 1.54) is 19.3 Å². The van der Waals surface area contributed by atoms with Crippen LogP contribution in [0.2, 0.25) is 0 Å². The summed E-state index contributed by atoms with van der Waals surface area (Å²) in [5.74, 6) is 0.460. The van der Waals surface area contributed by atoms with Gasteiger partial charge in [0.2, 0.25) is 0 Å². The number of anilines is 1. The molecule has 1 rings (SSSR count). The van der Waals surface area contributed by atoms with Crippen LogP contribution in [0.15, 0.2) is 17.2 Å². The van der Waals surface area contributed by atoms with Crippen molar-refractivity contribution in [2.75, 3.05) is 5.32 Å². The summed E-state index contributed by atoms with van der Waals surface area (Å²) >= 11 is 0. The Kier molecular flexibility index (Phi) is 5.58. The highest BCUT2D eigenvalue weighted by Gasteiger charge is 2.17. The van der Waals surface area contributed by atoms with Gasteiger partial charge in [-0.15, -0.1) is 0 Å². The molecule has 4 nitrogen and oxygen atoms in total. The maximum Gasteiger partial charge on any atom is 0.293 e. The first-order valence-electron chi connectivity index (χ1n) is 7.21. The molecule has 0 bridgehead atoms. The Morgan fingerprint density at radius 2 is 2.05 bits per heavy atom. The highest BCUT2D eigenvalue weighted by atomic mass is 16.1. The Hall–Kier alpha value is -1.32. The molecule has 1 aromatic rings. The van der Waals surface area contributed by atoms with Crippen molar-refractivity contribution < 1.29 is 0 Å². The molecule has 0 aliphatic heterocycles. The Morgan fingerprint density at radius 1 is 1.37 bits per heavy atom. The highest BCUT2D eigenvalue weighted by Crippen LogP contribution is 2.12. The third-order valence-electron chi connectivity index (χ3n) is 3.19. The highest BCUT2D eigenvalue weighted by molar-refractivity contribution is 5.32. The van der Waals surface area contributed by atoms with Gasteiger partial charge in [-0.25, -0.2) is 4.98 Å². The van der Waals surface area contributed by atoms with Gasteiger partial charge in [0.05, 0.1) is 0 Å². The van der Waals surface area contributed by atoms with E-state index in [-0.39, 0.29) is 17.1 Å². The molecule has 1 heterocycles. The van der Waals surface area contributed by atoms with Crippen molar-refractivity contribution in [1.29, 1.82) is 0 Å². The molecule has 1 unspecified atom stereocenters. The fraction of sp³-hybridized carbons (Fsp3) is 0.733. The monoisotopic (exact) mass is 265 g/mol. The maximum absolute atomic E-state index is 12.3. The average Bonchev–Trinajstić information content (AvgIpc) is 2.30. The zero-order valence-electron chi connectivity index (χ0n) is 12.9. The molecule has 1 atom stereocenters. The summed E-state index contributed by atoms with van der Waals surface area (Å²) in [5.41, 5.74) is -0.264. The first-order valence-corrected chi connectivity index (χ1v) is 7.21. The van der Waals surface area contributed by atoms with E-state index in [0.717, 1.165) is 6.42 Å². The summed E-state index contributed by atoms with van der Waals surface area (Å²) in [7, 11) is 0. The van der Waals surface area contributed by atoms with E-state index in [0.29, 0.717) is 5.82 Å². The fourth-order valence-corrected chi connectivity index (χ4v) is 2.04. The third kappa shape index (κ3) is 4.69. The number of rotatable bonds is 6. The Labute approximate surface area is 116 Å². The van der Waals surface area contributed by atoms with Crippen LogP contribution in [-0.2, 0) is 5.54 Å². The second-order valence-corrected chi connectivity index (χ2v) is 6.16. The number of nitrogens with one attached hydrogen (secondary N) is 1. The van der Waals surface area contributed by atoms with Gasteiger partial charge in [-0.3, -0.25) is 4.79 Å². The molecule has 0 aliphatic rings. The van der Waals surface area contributed by atoms with Crippen LogP contribution in [0, 0.1) is 0 Å². The van der Waals surface area contributed by atoms with E-state index in [2.05, 4.69) is 24.1 Å². The Balaban J connectivity index is 2.77. The summed E-state index contributed by atoms with van der Waals surface area (Å²) < 4.78 is 1.72. The van der Waals surface area contributed by atoms with Crippen molar-refractivity contribution in [2.45, 2.75) is 71.9 Å². The summed E-state index contributed by atoms with van der Waals surface area (Å²) in [6, 6.07) is 0.280. The lowest BCUT2D eigenvalue weighted by Crippen LogP contribution is -2.36. The van der Waals surface area contributed by atoms with Gasteiger partial charge in [0.1, 0.15) is 0 Å². The van der Waals surface area contributed by atoms with Crippen molar-refractivity contribution in [3.05, 3.63) is 22.7 Å². The molecule has 1 aromatic heterocycles. The van der Waals surface area contributed by atoms with Gasteiger partial charge in [-0.1, -0.05) is 26.2 Å². The topological polar surface area (TPSA) is 46.9 Å². The van der Waals surface area contributed by atoms with Crippen molar-refractivity contribution in [1.82, 2.24) is 9.55 Å². The molecule has 19 heavy (non-hydrogen) atoms. The molecule has 0 aliphatic carbocycles. The largest absolute Gasteiger partial charge is 0.363 e. The van der Waals surface area contributed by atoms with Crippen molar-refractivity contribution in [3.8, 4) is 0 Å². The molecular weight excluding hydrogens is 238 g/mol. The molecular formula is C15H27N3O. The quantitative estimate of drug-likeness (QED) is 0.802. The lowest BCUT2D eigenvalue weighted by atomic mass is 10.1.